The van der Waals surface area contributed by atoms with Crippen molar-refractivity contribution < 1.29 is 4.74 Å². The van der Waals surface area contributed by atoms with Gasteiger partial charge in [0.2, 0.25) is 0 Å². The number of rotatable bonds is 2. The van der Waals surface area contributed by atoms with Crippen LogP contribution >= 0.6 is 0 Å². The Labute approximate surface area is 93.4 Å². The number of nitrogens with one attached hydrogen (secondary N) is 1. The van der Waals surface area contributed by atoms with Crippen LogP contribution in [0.5, 0.6) is 0 Å². The van der Waals surface area contributed by atoms with Crippen LogP contribution in [-0.4, -0.2) is 40.9 Å². The summed E-state index contributed by atoms with van der Waals surface area (Å²) in [7, 11) is 1.95. The predicted octanol–water partition coefficient (Wildman–Crippen LogP) is 0.431. The molecular formula is C11H14N4O. The van der Waals surface area contributed by atoms with Crippen molar-refractivity contribution in [3.63, 3.8) is 0 Å². The van der Waals surface area contributed by atoms with Gasteiger partial charge in [-0.3, -0.25) is 4.40 Å². The van der Waals surface area contributed by atoms with Crippen LogP contribution in [0.2, 0.25) is 0 Å². The summed E-state index contributed by atoms with van der Waals surface area (Å²) in [6.07, 6.45) is 2.00. The minimum atomic E-state index is 0.280. The molecule has 5 heteroatoms. The third-order valence-electron chi connectivity index (χ3n) is 3.12. The SMILES string of the molecule is CNC1COCC1c1nnc2ccccn12. The third-order valence-corrected chi connectivity index (χ3v) is 3.12. The first kappa shape index (κ1) is 9.74. The molecule has 0 bridgehead atoms. The number of hydrogen-bond donors (Lipinski definition) is 1. The average Bonchev–Trinajstić information content (AvgIpc) is 2.94. The molecule has 2 atom stereocenters. The summed E-state index contributed by atoms with van der Waals surface area (Å²) in [5.41, 5.74) is 0.888. The molecule has 0 aromatic carbocycles. The highest BCUT2D eigenvalue weighted by Crippen LogP contribution is 2.24. The van der Waals surface area contributed by atoms with Gasteiger partial charge in [-0.15, -0.1) is 10.2 Å². The molecule has 2 aromatic rings. The number of pyridine rings is 1. The summed E-state index contributed by atoms with van der Waals surface area (Å²) >= 11 is 0. The van der Waals surface area contributed by atoms with Crippen molar-refractivity contribution in [3.05, 3.63) is 30.2 Å². The molecule has 1 aliphatic heterocycles. The molecule has 1 saturated heterocycles. The molecular weight excluding hydrogens is 204 g/mol. The first-order valence-corrected chi connectivity index (χ1v) is 5.45. The Balaban J connectivity index is 2.05. The number of aromatic nitrogens is 3. The van der Waals surface area contributed by atoms with Gasteiger partial charge in [0.25, 0.3) is 0 Å². The van der Waals surface area contributed by atoms with Crippen LogP contribution in [-0.2, 0) is 4.74 Å². The second kappa shape index (κ2) is 3.84. The van der Waals surface area contributed by atoms with Gasteiger partial charge in [-0.2, -0.15) is 0 Å². The molecule has 0 radical (unpaired) electrons. The summed E-state index contributed by atoms with van der Waals surface area (Å²) < 4.78 is 7.52. The zero-order chi connectivity index (χ0) is 11.0. The van der Waals surface area contributed by atoms with Crippen LogP contribution in [0.1, 0.15) is 11.7 Å². The van der Waals surface area contributed by atoms with Crippen LogP contribution in [0.3, 0.4) is 0 Å². The topological polar surface area (TPSA) is 51.5 Å². The van der Waals surface area contributed by atoms with Crippen molar-refractivity contribution in [2.24, 2.45) is 0 Å². The zero-order valence-corrected chi connectivity index (χ0v) is 9.13. The van der Waals surface area contributed by atoms with Gasteiger partial charge < -0.3 is 10.1 Å². The van der Waals surface area contributed by atoms with E-state index in [0.29, 0.717) is 12.6 Å². The van der Waals surface area contributed by atoms with E-state index in [4.69, 9.17) is 4.74 Å². The van der Waals surface area contributed by atoms with Crippen LogP contribution in [0.15, 0.2) is 24.4 Å². The monoisotopic (exact) mass is 218 g/mol. The maximum atomic E-state index is 5.49. The minimum absolute atomic E-state index is 0.280. The normalized spacial score (nSPS) is 25.3. The van der Waals surface area contributed by atoms with Crippen molar-refractivity contribution in [1.82, 2.24) is 19.9 Å². The molecule has 0 aliphatic carbocycles. The Kier molecular flexibility index (Phi) is 2.34. The van der Waals surface area contributed by atoms with E-state index >= 15 is 0 Å². The van der Waals surface area contributed by atoms with Crippen molar-refractivity contribution in [2.45, 2.75) is 12.0 Å². The van der Waals surface area contributed by atoms with Gasteiger partial charge in [0, 0.05) is 12.2 Å². The Morgan fingerprint density at radius 3 is 3.19 bits per heavy atom. The van der Waals surface area contributed by atoms with E-state index in [1.165, 1.54) is 0 Å². The molecule has 1 aliphatic rings. The van der Waals surface area contributed by atoms with Gasteiger partial charge in [-0.25, -0.2) is 0 Å². The molecule has 3 heterocycles. The fraction of sp³-hybridized carbons (Fsp3) is 0.455. The van der Waals surface area contributed by atoms with Gasteiger partial charge in [-0.1, -0.05) is 6.07 Å². The number of ether oxygens (including phenoxy) is 1. The maximum absolute atomic E-state index is 5.49. The van der Waals surface area contributed by atoms with E-state index in [-0.39, 0.29) is 5.92 Å². The van der Waals surface area contributed by atoms with E-state index < -0.39 is 0 Å². The van der Waals surface area contributed by atoms with Crippen molar-refractivity contribution in [2.75, 3.05) is 20.3 Å². The summed E-state index contributed by atoms with van der Waals surface area (Å²) in [5.74, 6) is 1.26. The van der Waals surface area contributed by atoms with Crippen molar-refractivity contribution in [3.8, 4) is 0 Å². The van der Waals surface area contributed by atoms with Crippen LogP contribution in [0.4, 0.5) is 0 Å². The van der Waals surface area contributed by atoms with E-state index in [2.05, 4.69) is 15.5 Å². The number of nitrogens with zero attached hydrogens (tertiary/aromatic N) is 3. The highest BCUT2D eigenvalue weighted by Gasteiger charge is 2.31. The molecule has 3 rings (SSSR count). The summed E-state index contributed by atoms with van der Waals surface area (Å²) in [6.45, 7) is 1.45. The fourth-order valence-electron chi connectivity index (χ4n) is 2.21. The summed E-state index contributed by atoms with van der Waals surface area (Å²) in [6, 6.07) is 6.24. The quantitative estimate of drug-likeness (QED) is 0.794. The van der Waals surface area contributed by atoms with E-state index in [1.54, 1.807) is 0 Å². The number of likely N-dealkylation sites (N-methyl/N-ethyl adjacent to an activating group) is 1. The Morgan fingerprint density at radius 1 is 1.38 bits per heavy atom. The smallest absolute Gasteiger partial charge is 0.160 e. The maximum Gasteiger partial charge on any atom is 0.160 e. The van der Waals surface area contributed by atoms with Gasteiger partial charge >= 0.3 is 0 Å². The molecule has 0 saturated carbocycles. The largest absolute Gasteiger partial charge is 0.379 e. The lowest BCUT2D eigenvalue weighted by atomic mass is 10.0. The standard InChI is InChI=1S/C11H14N4O/c1-12-9-7-16-6-8(9)11-14-13-10-4-2-3-5-15(10)11/h2-5,8-9,12H,6-7H2,1H3. The van der Waals surface area contributed by atoms with Crippen LogP contribution < -0.4 is 5.32 Å². The molecule has 0 amide bonds. The number of fused-ring (bicyclic) bond motifs is 1. The van der Waals surface area contributed by atoms with Gasteiger partial charge in [0.05, 0.1) is 19.1 Å². The van der Waals surface area contributed by atoms with E-state index in [1.807, 2.05) is 35.8 Å². The molecule has 1 fully saturated rings. The lowest BCUT2D eigenvalue weighted by Gasteiger charge is -2.14. The molecule has 84 valence electrons. The first-order chi connectivity index (χ1) is 7.90. The highest BCUT2D eigenvalue weighted by atomic mass is 16.5. The van der Waals surface area contributed by atoms with Gasteiger partial charge in [0.1, 0.15) is 5.82 Å². The van der Waals surface area contributed by atoms with Crippen LogP contribution in [0, 0.1) is 0 Å². The molecule has 5 nitrogen and oxygen atoms in total. The zero-order valence-electron chi connectivity index (χ0n) is 9.13. The van der Waals surface area contributed by atoms with E-state index in [0.717, 1.165) is 18.1 Å². The lowest BCUT2D eigenvalue weighted by Crippen LogP contribution is -2.32. The van der Waals surface area contributed by atoms with Crippen molar-refractivity contribution >= 4 is 5.65 Å². The summed E-state index contributed by atoms with van der Waals surface area (Å²) in [4.78, 5) is 0. The third kappa shape index (κ3) is 1.40. The molecule has 2 aromatic heterocycles. The predicted molar refractivity (Wildman–Crippen MR) is 59.4 cm³/mol. The van der Waals surface area contributed by atoms with Gasteiger partial charge in [0.15, 0.2) is 5.65 Å². The van der Waals surface area contributed by atoms with E-state index in [9.17, 15) is 0 Å². The second-order valence-corrected chi connectivity index (χ2v) is 4.03. The fourth-order valence-corrected chi connectivity index (χ4v) is 2.21. The second-order valence-electron chi connectivity index (χ2n) is 4.03. The highest BCUT2D eigenvalue weighted by molar-refractivity contribution is 5.38. The Bertz CT molecular complexity index is 495. The minimum Gasteiger partial charge on any atom is -0.379 e. The van der Waals surface area contributed by atoms with Gasteiger partial charge in [-0.05, 0) is 19.2 Å². The lowest BCUT2D eigenvalue weighted by molar-refractivity contribution is 0.188. The Hall–Kier alpha value is -1.46. The van der Waals surface area contributed by atoms with Crippen molar-refractivity contribution in [1.29, 1.82) is 0 Å². The molecule has 16 heavy (non-hydrogen) atoms. The average molecular weight is 218 g/mol. The number of hydrogen-bond acceptors (Lipinski definition) is 4. The molecule has 1 N–H and O–H groups in total. The molecule has 2 unspecified atom stereocenters. The summed E-state index contributed by atoms with van der Waals surface area (Å²) in [5, 5.41) is 11.7. The molecule has 0 spiro atoms. The Morgan fingerprint density at radius 2 is 2.31 bits per heavy atom. The first-order valence-electron chi connectivity index (χ1n) is 5.45. The van der Waals surface area contributed by atoms with Crippen LogP contribution in [0.25, 0.3) is 5.65 Å².